The number of hydrogen-bond donors (Lipinski definition) is 1. The van der Waals surface area contributed by atoms with E-state index in [9.17, 15) is 9.90 Å². The van der Waals surface area contributed by atoms with E-state index in [0.717, 1.165) is 24.8 Å². The summed E-state index contributed by atoms with van der Waals surface area (Å²) in [4.78, 5) is 10.8. The molecule has 0 heterocycles. The summed E-state index contributed by atoms with van der Waals surface area (Å²) in [5.74, 6) is -2.14. The van der Waals surface area contributed by atoms with Gasteiger partial charge >= 0.3 is 0 Å². The molecule has 1 atom stereocenters. The summed E-state index contributed by atoms with van der Waals surface area (Å²) in [6.45, 7) is 1.73. The maximum absolute atomic E-state index is 10.8. The van der Waals surface area contributed by atoms with Gasteiger partial charge in [-0.2, -0.15) is 0 Å². The number of benzene rings is 1. The van der Waals surface area contributed by atoms with Crippen LogP contribution in [-0.4, -0.2) is 17.7 Å². The van der Waals surface area contributed by atoms with E-state index in [1.807, 2.05) is 18.2 Å². The Hall–Kier alpha value is -1.35. The van der Waals surface area contributed by atoms with Crippen LogP contribution in [0.5, 0.6) is 0 Å². The molecule has 0 saturated carbocycles. The van der Waals surface area contributed by atoms with Crippen LogP contribution in [0.15, 0.2) is 24.3 Å². The number of aliphatic carboxylic acids is 1. The predicted molar refractivity (Wildman–Crippen MR) is 64.5 cm³/mol. The quantitative estimate of drug-likeness (QED) is 0.723. The van der Waals surface area contributed by atoms with Crippen molar-refractivity contribution >= 4 is 5.97 Å². The number of carbonyl (C=O) groups is 1. The van der Waals surface area contributed by atoms with Crippen molar-refractivity contribution in [3.8, 4) is 0 Å². The second kappa shape index (κ2) is 7.07. The van der Waals surface area contributed by atoms with Gasteiger partial charge in [0, 0.05) is 5.92 Å². The van der Waals surface area contributed by atoms with Gasteiger partial charge in [0.05, 0.1) is 12.6 Å². The van der Waals surface area contributed by atoms with E-state index < -0.39 is 18.5 Å². The molecular formula is C14H19O3-. The van der Waals surface area contributed by atoms with Crippen molar-refractivity contribution in [1.82, 2.24) is 0 Å². The van der Waals surface area contributed by atoms with Gasteiger partial charge in [0.25, 0.3) is 0 Å². The molecule has 0 radical (unpaired) electrons. The average Bonchev–Trinajstić information content (AvgIpc) is 2.30. The number of unbranched alkanes of at least 4 members (excludes halogenated alkanes) is 2. The number of carboxylic acids is 1. The first-order chi connectivity index (χ1) is 8.19. The van der Waals surface area contributed by atoms with E-state index in [4.69, 9.17) is 5.11 Å². The standard InChI is InChI=1S/C14H20O3/c1-2-3-4-6-11-7-5-8-12(9-11)13(10-15)14(16)17/h5,7-9,13,15H,2-4,6,10H2,1H3,(H,16,17)/p-1. The normalized spacial score (nSPS) is 12.4. The van der Waals surface area contributed by atoms with Crippen LogP contribution in [0.25, 0.3) is 0 Å². The van der Waals surface area contributed by atoms with Crippen molar-refractivity contribution in [2.24, 2.45) is 0 Å². The van der Waals surface area contributed by atoms with Gasteiger partial charge in [-0.25, -0.2) is 0 Å². The van der Waals surface area contributed by atoms with Crippen molar-refractivity contribution in [2.75, 3.05) is 6.61 Å². The molecule has 0 aliphatic carbocycles. The number of carboxylic acid groups (broad SMARTS) is 1. The molecule has 0 fully saturated rings. The second-order valence-electron chi connectivity index (χ2n) is 4.26. The molecule has 3 heteroatoms. The molecule has 1 unspecified atom stereocenters. The van der Waals surface area contributed by atoms with Gasteiger partial charge in [-0.3, -0.25) is 0 Å². The zero-order valence-corrected chi connectivity index (χ0v) is 10.2. The fourth-order valence-electron chi connectivity index (χ4n) is 1.86. The summed E-state index contributed by atoms with van der Waals surface area (Å²) < 4.78 is 0. The zero-order chi connectivity index (χ0) is 12.7. The summed E-state index contributed by atoms with van der Waals surface area (Å²) in [6, 6.07) is 7.40. The minimum atomic E-state index is -1.22. The first kappa shape index (κ1) is 13.7. The fraction of sp³-hybridized carbons (Fsp3) is 0.500. The summed E-state index contributed by atoms with van der Waals surface area (Å²) in [5.41, 5.74) is 1.75. The van der Waals surface area contributed by atoms with Gasteiger partial charge in [0.2, 0.25) is 0 Å². The van der Waals surface area contributed by atoms with Crippen LogP contribution < -0.4 is 5.11 Å². The number of aryl methyl sites for hydroxylation is 1. The van der Waals surface area contributed by atoms with Crippen molar-refractivity contribution in [3.05, 3.63) is 35.4 Å². The maximum atomic E-state index is 10.8. The van der Waals surface area contributed by atoms with E-state index in [0.29, 0.717) is 5.56 Å². The van der Waals surface area contributed by atoms with Crippen LogP contribution in [0, 0.1) is 0 Å². The van der Waals surface area contributed by atoms with E-state index in [1.54, 1.807) is 6.07 Å². The van der Waals surface area contributed by atoms with Gasteiger partial charge in [0.15, 0.2) is 0 Å². The molecule has 0 spiro atoms. The van der Waals surface area contributed by atoms with Gasteiger partial charge in [-0.1, -0.05) is 44.0 Å². The SMILES string of the molecule is CCCCCc1cccc(C(CO)C(=O)[O-])c1. The van der Waals surface area contributed by atoms with Crippen LogP contribution in [0.1, 0.15) is 43.2 Å². The van der Waals surface area contributed by atoms with Crippen LogP contribution in [0.4, 0.5) is 0 Å². The number of aliphatic hydroxyl groups excluding tert-OH is 1. The fourth-order valence-corrected chi connectivity index (χ4v) is 1.86. The molecule has 3 nitrogen and oxygen atoms in total. The Kier molecular flexibility index (Phi) is 5.70. The first-order valence-corrected chi connectivity index (χ1v) is 6.09. The van der Waals surface area contributed by atoms with E-state index in [2.05, 4.69) is 6.92 Å². The van der Waals surface area contributed by atoms with Gasteiger partial charge < -0.3 is 15.0 Å². The molecule has 1 aromatic rings. The molecule has 1 N–H and O–H groups in total. The van der Waals surface area contributed by atoms with Gasteiger partial charge in [0.1, 0.15) is 0 Å². The predicted octanol–water partition coefficient (Wildman–Crippen LogP) is 1.25. The Bertz CT molecular complexity index is 360. The number of hydrogen-bond acceptors (Lipinski definition) is 3. The Labute approximate surface area is 102 Å². The summed E-state index contributed by atoms with van der Waals surface area (Å²) >= 11 is 0. The minimum absolute atomic E-state index is 0.416. The van der Waals surface area contributed by atoms with E-state index in [1.165, 1.54) is 6.42 Å². The molecule has 0 bridgehead atoms. The van der Waals surface area contributed by atoms with Crippen LogP contribution in [0.2, 0.25) is 0 Å². The molecule has 0 aliphatic heterocycles. The highest BCUT2D eigenvalue weighted by atomic mass is 16.4. The number of rotatable bonds is 7. The van der Waals surface area contributed by atoms with E-state index in [-0.39, 0.29) is 0 Å². The summed E-state index contributed by atoms with van der Waals surface area (Å²) in [5, 5.41) is 19.9. The Morgan fingerprint density at radius 2 is 2.18 bits per heavy atom. The highest BCUT2D eigenvalue weighted by Gasteiger charge is 2.11. The lowest BCUT2D eigenvalue weighted by Gasteiger charge is -2.16. The van der Waals surface area contributed by atoms with Crippen molar-refractivity contribution < 1.29 is 15.0 Å². The molecule has 0 aliphatic rings. The smallest absolute Gasteiger partial charge is 0.0552 e. The second-order valence-corrected chi connectivity index (χ2v) is 4.26. The molecular weight excluding hydrogens is 216 g/mol. The van der Waals surface area contributed by atoms with Crippen LogP contribution >= 0.6 is 0 Å². The van der Waals surface area contributed by atoms with Crippen molar-refractivity contribution in [2.45, 2.75) is 38.5 Å². The summed E-state index contributed by atoms with van der Waals surface area (Å²) in [6.07, 6.45) is 4.40. The molecule has 0 saturated heterocycles. The molecule has 17 heavy (non-hydrogen) atoms. The molecule has 1 aromatic carbocycles. The van der Waals surface area contributed by atoms with Crippen molar-refractivity contribution in [3.63, 3.8) is 0 Å². The largest absolute Gasteiger partial charge is 0.549 e. The average molecular weight is 235 g/mol. The van der Waals surface area contributed by atoms with Crippen LogP contribution in [0.3, 0.4) is 0 Å². The molecule has 94 valence electrons. The third-order valence-electron chi connectivity index (χ3n) is 2.89. The molecule has 0 amide bonds. The van der Waals surface area contributed by atoms with Gasteiger partial charge in [-0.05, 0) is 24.0 Å². The lowest BCUT2D eigenvalue weighted by atomic mass is 9.96. The molecule has 0 aromatic heterocycles. The van der Waals surface area contributed by atoms with E-state index >= 15 is 0 Å². The number of carbonyl (C=O) groups excluding carboxylic acids is 1. The van der Waals surface area contributed by atoms with Crippen molar-refractivity contribution in [1.29, 1.82) is 0 Å². The monoisotopic (exact) mass is 235 g/mol. The molecule has 1 rings (SSSR count). The van der Waals surface area contributed by atoms with Crippen LogP contribution in [-0.2, 0) is 11.2 Å². The lowest BCUT2D eigenvalue weighted by molar-refractivity contribution is -0.308. The first-order valence-electron chi connectivity index (χ1n) is 6.09. The minimum Gasteiger partial charge on any atom is -0.549 e. The lowest BCUT2D eigenvalue weighted by Crippen LogP contribution is -2.31. The topological polar surface area (TPSA) is 60.4 Å². The number of aliphatic hydroxyl groups is 1. The Morgan fingerprint density at radius 1 is 1.41 bits per heavy atom. The van der Waals surface area contributed by atoms with Gasteiger partial charge in [-0.15, -0.1) is 0 Å². The Balaban J connectivity index is 2.73. The zero-order valence-electron chi connectivity index (χ0n) is 10.2. The third kappa shape index (κ3) is 4.19. The third-order valence-corrected chi connectivity index (χ3v) is 2.89. The Morgan fingerprint density at radius 3 is 2.76 bits per heavy atom. The highest BCUT2D eigenvalue weighted by molar-refractivity contribution is 5.74. The highest BCUT2D eigenvalue weighted by Crippen LogP contribution is 2.17. The maximum Gasteiger partial charge on any atom is 0.0552 e. The summed E-state index contributed by atoms with van der Waals surface area (Å²) in [7, 11) is 0.